The molecule has 4 rings (SSSR count). The molecule has 1 saturated heterocycles. The Labute approximate surface area is 172 Å². The van der Waals surface area contributed by atoms with Crippen molar-refractivity contribution in [1.82, 2.24) is 29.3 Å². The van der Waals surface area contributed by atoms with Crippen molar-refractivity contribution < 1.29 is 0 Å². The first-order chi connectivity index (χ1) is 14.0. The Bertz CT molecular complexity index is 972. The van der Waals surface area contributed by atoms with Crippen LogP contribution in [0.25, 0.3) is 22.6 Å². The molecular formula is C21H30N8. The molecule has 8 nitrogen and oxygen atoms in total. The lowest BCUT2D eigenvalue weighted by molar-refractivity contribution is 0.313. The highest BCUT2D eigenvalue weighted by Gasteiger charge is 2.17. The highest BCUT2D eigenvalue weighted by Crippen LogP contribution is 2.27. The summed E-state index contributed by atoms with van der Waals surface area (Å²) in [6.07, 6.45) is 1.79. The summed E-state index contributed by atoms with van der Waals surface area (Å²) in [5.41, 5.74) is 3.91. The lowest BCUT2D eigenvalue weighted by Crippen LogP contribution is -2.44. The molecule has 0 spiro atoms. The number of aryl methyl sites for hydroxylation is 1. The third-order valence-corrected chi connectivity index (χ3v) is 5.38. The van der Waals surface area contributed by atoms with Crippen molar-refractivity contribution in [3.63, 3.8) is 0 Å². The molecule has 1 aliphatic rings. The zero-order valence-electron chi connectivity index (χ0n) is 17.8. The fraction of sp³-hybridized carbons (Fsp3) is 0.476. The van der Waals surface area contributed by atoms with Crippen LogP contribution in [0.15, 0.2) is 30.6 Å². The molecule has 1 aromatic carbocycles. The maximum atomic E-state index is 4.84. The predicted octanol–water partition coefficient (Wildman–Crippen LogP) is 1.76. The number of anilines is 2. The summed E-state index contributed by atoms with van der Waals surface area (Å²) in [6.45, 7) is 5.98. The van der Waals surface area contributed by atoms with E-state index in [4.69, 9.17) is 9.97 Å². The van der Waals surface area contributed by atoms with E-state index in [-0.39, 0.29) is 0 Å². The largest absolute Gasteiger partial charge is 0.369 e. The number of piperazine rings is 1. The van der Waals surface area contributed by atoms with Gasteiger partial charge in [0.1, 0.15) is 5.52 Å². The number of likely N-dealkylation sites (N-methyl/N-ethyl adjacent to an activating group) is 2. The summed E-state index contributed by atoms with van der Waals surface area (Å²) < 4.78 is 1.95. The van der Waals surface area contributed by atoms with Crippen LogP contribution in [0.4, 0.5) is 11.5 Å². The zero-order valence-corrected chi connectivity index (χ0v) is 17.8. The second-order valence-electron chi connectivity index (χ2n) is 7.99. The normalized spacial score (nSPS) is 15.4. The van der Waals surface area contributed by atoms with Crippen LogP contribution in [-0.2, 0) is 7.05 Å². The molecule has 0 amide bonds. The van der Waals surface area contributed by atoms with Gasteiger partial charge in [-0.3, -0.25) is 0 Å². The molecule has 0 bridgehead atoms. The van der Waals surface area contributed by atoms with Gasteiger partial charge in [0.15, 0.2) is 17.3 Å². The number of rotatable bonds is 6. The fourth-order valence-corrected chi connectivity index (χ4v) is 3.56. The van der Waals surface area contributed by atoms with Crippen molar-refractivity contribution in [1.29, 1.82) is 0 Å². The van der Waals surface area contributed by atoms with Crippen molar-refractivity contribution in [2.24, 2.45) is 7.05 Å². The van der Waals surface area contributed by atoms with Gasteiger partial charge in [0.25, 0.3) is 0 Å². The Kier molecular flexibility index (Phi) is 5.64. The summed E-state index contributed by atoms with van der Waals surface area (Å²) >= 11 is 0. The number of nitrogens with one attached hydrogen (secondary N) is 1. The lowest BCUT2D eigenvalue weighted by Gasteiger charge is -2.34. The first-order valence-corrected chi connectivity index (χ1v) is 10.1. The number of nitrogens with zero attached hydrogens (tertiary/aromatic N) is 7. The van der Waals surface area contributed by atoms with Crippen LogP contribution in [0, 0.1) is 0 Å². The van der Waals surface area contributed by atoms with Crippen LogP contribution >= 0.6 is 0 Å². The summed E-state index contributed by atoms with van der Waals surface area (Å²) in [6, 6.07) is 8.56. The van der Waals surface area contributed by atoms with E-state index in [1.54, 1.807) is 6.33 Å². The van der Waals surface area contributed by atoms with Crippen LogP contribution in [0.5, 0.6) is 0 Å². The zero-order chi connectivity index (χ0) is 20.4. The second-order valence-corrected chi connectivity index (χ2v) is 7.99. The van der Waals surface area contributed by atoms with Gasteiger partial charge in [-0.05, 0) is 33.3 Å². The molecule has 8 heteroatoms. The number of hydrogen-bond acceptors (Lipinski definition) is 7. The molecule has 154 valence electrons. The van der Waals surface area contributed by atoms with Crippen molar-refractivity contribution in [2.45, 2.75) is 0 Å². The standard InChI is InChI=1S/C21H30N8/c1-26(2)9-8-22-20-18-21(28(4)15-23-18)25-19(24-20)16-6-5-7-17(14-16)29-12-10-27(3)11-13-29/h5-7,14-15H,8-13H2,1-4H3,(H,22,24,25). The first kappa shape index (κ1) is 19.6. The smallest absolute Gasteiger partial charge is 0.165 e. The van der Waals surface area contributed by atoms with Crippen molar-refractivity contribution >= 4 is 22.7 Å². The van der Waals surface area contributed by atoms with Crippen LogP contribution in [0.2, 0.25) is 0 Å². The van der Waals surface area contributed by atoms with Gasteiger partial charge >= 0.3 is 0 Å². The molecule has 0 saturated carbocycles. The maximum absolute atomic E-state index is 4.84. The quantitative estimate of drug-likeness (QED) is 0.683. The average Bonchev–Trinajstić information content (AvgIpc) is 3.09. The van der Waals surface area contributed by atoms with E-state index in [1.165, 1.54) is 5.69 Å². The number of aromatic nitrogens is 4. The number of imidazole rings is 1. The highest BCUT2D eigenvalue weighted by molar-refractivity contribution is 5.85. The van der Waals surface area contributed by atoms with Crippen LogP contribution in [0.1, 0.15) is 0 Å². The van der Waals surface area contributed by atoms with Gasteiger partial charge in [0, 0.05) is 57.6 Å². The Hall–Kier alpha value is -2.71. The van der Waals surface area contributed by atoms with Crippen molar-refractivity contribution in [3.8, 4) is 11.4 Å². The second kappa shape index (κ2) is 8.34. The lowest BCUT2D eigenvalue weighted by atomic mass is 10.1. The molecule has 0 radical (unpaired) electrons. The number of fused-ring (bicyclic) bond motifs is 1. The molecule has 29 heavy (non-hydrogen) atoms. The van der Waals surface area contributed by atoms with E-state index < -0.39 is 0 Å². The van der Waals surface area contributed by atoms with E-state index in [0.717, 1.165) is 67.6 Å². The minimum Gasteiger partial charge on any atom is -0.369 e. The number of benzene rings is 1. The predicted molar refractivity (Wildman–Crippen MR) is 118 cm³/mol. The molecule has 0 atom stereocenters. The van der Waals surface area contributed by atoms with Crippen molar-refractivity contribution in [3.05, 3.63) is 30.6 Å². The summed E-state index contributed by atoms with van der Waals surface area (Å²) in [5, 5.41) is 3.44. The summed E-state index contributed by atoms with van der Waals surface area (Å²) in [4.78, 5) is 21.1. The van der Waals surface area contributed by atoms with Gasteiger partial charge in [0.2, 0.25) is 0 Å². The Balaban J connectivity index is 1.66. The first-order valence-electron chi connectivity index (χ1n) is 10.1. The van der Waals surface area contributed by atoms with Crippen LogP contribution in [-0.4, -0.2) is 89.7 Å². The van der Waals surface area contributed by atoms with E-state index in [9.17, 15) is 0 Å². The SMILES string of the molecule is CN(C)CCNc1nc(-c2cccc(N3CCN(C)CC3)c2)nc2c1ncn2C. The van der Waals surface area contributed by atoms with Crippen LogP contribution < -0.4 is 10.2 Å². The molecule has 2 aromatic heterocycles. The van der Waals surface area contributed by atoms with Gasteiger partial charge in [-0.1, -0.05) is 12.1 Å². The average molecular weight is 395 g/mol. The molecule has 0 unspecified atom stereocenters. The van der Waals surface area contributed by atoms with Gasteiger partial charge in [-0.25, -0.2) is 15.0 Å². The van der Waals surface area contributed by atoms with E-state index >= 15 is 0 Å². The summed E-state index contributed by atoms with van der Waals surface area (Å²) in [5.74, 6) is 1.52. The van der Waals surface area contributed by atoms with E-state index in [1.807, 2.05) is 11.6 Å². The third kappa shape index (κ3) is 4.33. The third-order valence-electron chi connectivity index (χ3n) is 5.38. The maximum Gasteiger partial charge on any atom is 0.165 e. The van der Waals surface area contributed by atoms with Gasteiger partial charge in [0.05, 0.1) is 6.33 Å². The molecular weight excluding hydrogens is 364 g/mol. The van der Waals surface area contributed by atoms with Gasteiger partial charge in [-0.15, -0.1) is 0 Å². The number of hydrogen-bond donors (Lipinski definition) is 1. The minimum atomic E-state index is 0.726. The minimum absolute atomic E-state index is 0.726. The highest BCUT2D eigenvalue weighted by atomic mass is 15.2. The van der Waals surface area contributed by atoms with E-state index in [2.05, 4.69) is 70.4 Å². The monoisotopic (exact) mass is 394 g/mol. The Morgan fingerprint density at radius 1 is 1.07 bits per heavy atom. The molecule has 3 aromatic rings. The topological polar surface area (TPSA) is 65.3 Å². The molecule has 0 aliphatic carbocycles. The molecule has 3 heterocycles. The summed E-state index contributed by atoms with van der Waals surface area (Å²) in [7, 11) is 8.27. The van der Waals surface area contributed by atoms with Gasteiger partial charge in [-0.2, -0.15) is 0 Å². The van der Waals surface area contributed by atoms with Crippen LogP contribution in [0.3, 0.4) is 0 Å². The molecule has 1 N–H and O–H groups in total. The van der Waals surface area contributed by atoms with E-state index in [0.29, 0.717) is 0 Å². The van der Waals surface area contributed by atoms with Crippen molar-refractivity contribution in [2.75, 3.05) is 70.6 Å². The molecule has 1 fully saturated rings. The fourth-order valence-electron chi connectivity index (χ4n) is 3.56. The Morgan fingerprint density at radius 3 is 2.62 bits per heavy atom. The molecule has 1 aliphatic heterocycles. The Morgan fingerprint density at radius 2 is 1.86 bits per heavy atom. The van der Waals surface area contributed by atoms with Gasteiger partial charge < -0.3 is 24.6 Å².